The van der Waals surface area contributed by atoms with Crippen LogP contribution in [0.25, 0.3) is 10.9 Å². The number of thioether (sulfide) groups is 1. The summed E-state index contributed by atoms with van der Waals surface area (Å²) >= 11 is 1.82. The van der Waals surface area contributed by atoms with Gasteiger partial charge in [0.25, 0.3) is 5.91 Å². The number of carbonyl (C=O) groups excluding carboxylic acids is 1. The Morgan fingerprint density at radius 3 is 3.10 bits per heavy atom. The lowest BCUT2D eigenvalue weighted by molar-refractivity contribution is 0.0753. The molecule has 1 amide bonds. The van der Waals surface area contributed by atoms with Gasteiger partial charge in [0.1, 0.15) is 0 Å². The zero-order valence-corrected chi connectivity index (χ0v) is 12.1. The van der Waals surface area contributed by atoms with E-state index >= 15 is 0 Å². The highest BCUT2D eigenvalue weighted by molar-refractivity contribution is 7.99. The highest BCUT2D eigenvalue weighted by Gasteiger charge is 2.23. The first-order valence-corrected chi connectivity index (χ1v) is 7.82. The Morgan fingerprint density at radius 1 is 1.33 bits per heavy atom. The van der Waals surface area contributed by atoms with Crippen molar-refractivity contribution in [2.24, 2.45) is 0 Å². The molecule has 0 aliphatic carbocycles. The van der Waals surface area contributed by atoms with Gasteiger partial charge in [-0.3, -0.25) is 9.89 Å². The lowest BCUT2D eigenvalue weighted by Crippen LogP contribution is -2.31. The van der Waals surface area contributed by atoms with Crippen molar-refractivity contribution in [1.82, 2.24) is 20.1 Å². The number of para-hydroxylation sites is 1. The molecule has 4 rings (SSSR count). The van der Waals surface area contributed by atoms with Crippen LogP contribution in [-0.2, 0) is 6.54 Å². The van der Waals surface area contributed by atoms with Gasteiger partial charge in [-0.2, -0.15) is 5.10 Å². The maximum absolute atomic E-state index is 12.5. The molecule has 0 fully saturated rings. The van der Waals surface area contributed by atoms with Crippen molar-refractivity contribution >= 4 is 28.6 Å². The number of aromatic nitrogens is 3. The predicted molar refractivity (Wildman–Crippen MR) is 82.4 cm³/mol. The third-order valence-corrected chi connectivity index (χ3v) is 4.86. The van der Waals surface area contributed by atoms with Gasteiger partial charge in [-0.1, -0.05) is 18.2 Å². The Kier molecular flexibility index (Phi) is 2.96. The summed E-state index contributed by atoms with van der Waals surface area (Å²) in [6.07, 6.45) is 3.22. The number of nitrogens with zero attached hydrogens (tertiary/aromatic N) is 2. The first-order valence-electron chi connectivity index (χ1n) is 6.83. The smallest absolute Gasteiger partial charge is 0.257 e. The molecule has 21 heavy (non-hydrogen) atoms. The Bertz CT molecular complexity index is 793. The topological polar surface area (TPSA) is 64.8 Å². The van der Waals surface area contributed by atoms with E-state index in [4.69, 9.17) is 0 Å². The molecule has 1 aliphatic heterocycles. The van der Waals surface area contributed by atoms with Gasteiger partial charge >= 0.3 is 0 Å². The van der Waals surface area contributed by atoms with E-state index in [-0.39, 0.29) is 5.91 Å². The molecule has 0 saturated carbocycles. The average molecular weight is 298 g/mol. The van der Waals surface area contributed by atoms with Crippen molar-refractivity contribution in [3.8, 4) is 0 Å². The van der Waals surface area contributed by atoms with E-state index < -0.39 is 0 Å². The maximum atomic E-state index is 12.5. The minimum Gasteiger partial charge on any atom is -0.356 e. The fraction of sp³-hybridized carbons (Fsp3) is 0.200. The second kappa shape index (κ2) is 4.96. The van der Waals surface area contributed by atoms with Gasteiger partial charge in [-0.05, 0) is 6.07 Å². The number of carbonyl (C=O) groups is 1. The fourth-order valence-corrected chi connectivity index (χ4v) is 3.84. The van der Waals surface area contributed by atoms with Crippen LogP contribution >= 0.6 is 11.8 Å². The van der Waals surface area contributed by atoms with Crippen LogP contribution in [0, 0.1) is 0 Å². The lowest BCUT2D eigenvalue weighted by atomic mass is 10.2. The predicted octanol–water partition coefficient (Wildman–Crippen LogP) is 2.64. The molecular formula is C15H14N4OS. The summed E-state index contributed by atoms with van der Waals surface area (Å²) < 4.78 is 0. The van der Waals surface area contributed by atoms with Gasteiger partial charge in [0.05, 0.1) is 18.3 Å². The minimum atomic E-state index is 0.0239. The maximum Gasteiger partial charge on any atom is 0.257 e. The summed E-state index contributed by atoms with van der Waals surface area (Å²) in [4.78, 5) is 19.1. The van der Waals surface area contributed by atoms with Crippen molar-refractivity contribution < 1.29 is 4.79 Å². The lowest BCUT2D eigenvalue weighted by Gasteiger charge is -2.19. The van der Waals surface area contributed by atoms with Crippen LogP contribution < -0.4 is 0 Å². The van der Waals surface area contributed by atoms with Crippen molar-refractivity contribution in [2.45, 2.75) is 11.4 Å². The standard InChI is InChI=1S/C15H14N4OS/c20-15(10-7-16-17-8-10)19-5-6-21-14-11-3-1-2-4-12(11)18-13(14)9-19/h1-4,7-8,18H,5-6,9H2,(H,16,17). The van der Waals surface area contributed by atoms with E-state index in [0.29, 0.717) is 12.1 Å². The number of nitrogens with one attached hydrogen (secondary N) is 2. The Balaban J connectivity index is 1.70. The van der Waals surface area contributed by atoms with E-state index in [1.54, 1.807) is 12.4 Å². The number of amides is 1. The highest BCUT2D eigenvalue weighted by atomic mass is 32.2. The van der Waals surface area contributed by atoms with Gasteiger partial charge in [-0.25, -0.2) is 0 Å². The van der Waals surface area contributed by atoms with Gasteiger partial charge in [0, 0.05) is 40.0 Å². The molecule has 5 nitrogen and oxygen atoms in total. The Hall–Kier alpha value is -2.21. The molecule has 3 aromatic rings. The second-order valence-corrected chi connectivity index (χ2v) is 6.15. The number of benzene rings is 1. The minimum absolute atomic E-state index is 0.0239. The number of rotatable bonds is 1. The quantitative estimate of drug-likeness (QED) is 0.726. The normalized spacial score (nSPS) is 15.0. The number of H-pyrrole nitrogens is 2. The molecule has 0 spiro atoms. The summed E-state index contributed by atoms with van der Waals surface area (Å²) in [7, 11) is 0. The van der Waals surface area contributed by atoms with Crippen molar-refractivity contribution in [2.75, 3.05) is 12.3 Å². The molecule has 3 heterocycles. The van der Waals surface area contributed by atoms with E-state index in [1.165, 1.54) is 10.3 Å². The van der Waals surface area contributed by atoms with Crippen LogP contribution in [-0.4, -0.2) is 38.3 Å². The summed E-state index contributed by atoms with van der Waals surface area (Å²) in [5.74, 6) is 0.925. The molecule has 0 atom stereocenters. The summed E-state index contributed by atoms with van der Waals surface area (Å²) in [6.45, 7) is 1.35. The molecule has 2 aromatic heterocycles. The summed E-state index contributed by atoms with van der Waals surface area (Å²) in [5, 5.41) is 7.80. The molecule has 6 heteroatoms. The molecule has 1 aliphatic rings. The molecule has 0 unspecified atom stereocenters. The number of hydrogen-bond donors (Lipinski definition) is 2. The third-order valence-electron chi connectivity index (χ3n) is 3.72. The van der Waals surface area contributed by atoms with Crippen LogP contribution in [0.5, 0.6) is 0 Å². The first kappa shape index (κ1) is 12.5. The van der Waals surface area contributed by atoms with Gasteiger partial charge < -0.3 is 9.88 Å². The van der Waals surface area contributed by atoms with Gasteiger partial charge in [0.15, 0.2) is 0 Å². The van der Waals surface area contributed by atoms with Crippen LogP contribution in [0.1, 0.15) is 16.1 Å². The molecule has 0 saturated heterocycles. The molecule has 0 bridgehead atoms. The van der Waals surface area contributed by atoms with Crippen LogP contribution in [0.4, 0.5) is 0 Å². The number of fused-ring (bicyclic) bond motifs is 3. The fourth-order valence-electron chi connectivity index (χ4n) is 2.70. The zero-order chi connectivity index (χ0) is 14.2. The van der Waals surface area contributed by atoms with E-state index in [9.17, 15) is 4.79 Å². The molecule has 1 aromatic carbocycles. The largest absolute Gasteiger partial charge is 0.356 e. The number of hydrogen-bond acceptors (Lipinski definition) is 3. The van der Waals surface area contributed by atoms with Gasteiger partial charge in [0.2, 0.25) is 0 Å². The average Bonchev–Trinajstić information content (AvgIpc) is 3.10. The number of aromatic amines is 2. The first-order chi connectivity index (χ1) is 10.3. The molecule has 2 N–H and O–H groups in total. The van der Waals surface area contributed by atoms with E-state index in [1.807, 2.05) is 22.7 Å². The van der Waals surface area contributed by atoms with Gasteiger partial charge in [-0.15, -0.1) is 11.8 Å². The Morgan fingerprint density at radius 2 is 2.24 bits per heavy atom. The van der Waals surface area contributed by atoms with Crippen LogP contribution in [0.3, 0.4) is 0 Å². The van der Waals surface area contributed by atoms with Crippen LogP contribution in [0.15, 0.2) is 41.6 Å². The third kappa shape index (κ3) is 2.12. The summed E-state index contributed by atoms with van der Waals surface area (Å²) in [5.41, 5.74) is 2.86. The SMILES string of the molecule is O=C(c1cn[nH]c1)N1CCSc2c([nH]c3ccccc23)C1. The Labute approximate surface area is 125 Å². The molecular weight excluding hydrogens is 284 g/mol. The van der Waals surface area contributed by atoms with Crippen molar-refractivity contribution in [3.05, 3.63) is 47.9 Å². The molecule has 0 radical (unpaired) electrons. The summed E-state index contributed by atoms with van der Waals surface area (Å²) in [6, 6.07) is 8.28. The van der Waals surface area contributed by atoms with Crippen molar-refractivity contribution in [1.29, 1.82) is 0 Å². The monoisotopic (exact) mass is 298 g/mol. The zero-order valence-electron chi connectivity index (χ0n) is 11.3. The van der Waals surface area contributed by atoms with E-state index in [0.717, 1.165) is 23.5 Å². The van der Waals surface area contributed by atoms with E-state index in [2.05, 4.69) is 33.4 Å². The van der Waals surface area contributed by atoms with Crippen molar-refractivity contribution in [3.63, 3.8) is 0 Å². The highest BCUT2D eigenvalue weighted by Crippen LogP contribution is 2.34. The molecule has 106 valence electrons. The van der Waals surface area contributed by atoms with Crippen LogP contribution in [0.2, 0.25) is 0 Å². The second-order valence-electron chi connectivity index (χ2n) is 5.04.